The van der Waals surface area contributed by atoms with Gasteiger partial charge in [-0.3, -0.25) is 0 Å². The molecule has 0 saturated heterocycles. The first-order valence-electron chi connectivity index (χ1n) is 4.72. The molecule has 0 amide bonds. The van der Waals surface area contributed by atoms with Crippen LogP contribution >= 0.6 is 0 Å². The number of hydrogen-bond acceptors (Lipinski definition) is 1. The van der Waals surface area contributed by atoms with Crippen molar-refractivity contribution in [1.82, 2.24) is 0 Å². The Morgan fingerprint density at radius 1 is 1.43 bits per heavy atom. The van der Waals surface area contributed by atoms with E-state index in [1.807, 2.05) is 0 Å². The molecule has 0 saturated carbocycles. The molecule has 0 heterocycles. The quantitative estimate of drug-likeness (QED) is 0.705. The van der Waals surface area contributed by atoms with Crippen molar-refractivity contribution in [1.29, 1.82) is 0 Å². The largest absolute Gasteiger partial charge is 0.494 e. The summed E-state index contributed by atoms with van der Waals surface area (Å²) in [5.74, 6) is 0.0556. The average molecular weight is 195 g/mol. The molecular formula is C11H14FNO+. The van der Waals surface area contributed by atoms with Gasteiger partial charge in [0.1, 0.15) is 0 Å². The second-order valence-corrected chi connectivity index (χ2v) is 3.66. The van der Waals surface area contributed by atoms with E-state index in [2.05, 4.69) is 12.2 Å². The lowest BCUT2D eigenvalue weighted by atomic mass is 9.88. The minimum absolute atomic E-state index is 0.276. The van der Waals surface area contributed by atoms with Crippen molar-refractivity contribution in [2.24, 2.45) is 0 Å². The van der Waals surface area contributed by atoms with E-state index in [1.54, 1.807) is 12.1 Å². The van der Waals surface area contributed by atoms with Crippen molar-refractivity contribution in [3.63, 3.8) is 0 Å². The van der Waals surface area contributed by atoms with Gasteiger partial charge in [-0.1, -0.05) is 0 Å². The zero-order chi connectivity index (χ0) is 10.1. The molecule has 0 fully saturated rings. The molecule has 0 spiro atoms. The highest BCUT2D eigenvalue weighted by Crippen LogP contribution is 2.26. The van der Waals surface area contributed by atoms with E-state index in [9.17, 15) is 4.39 Å². The van der Waals surface area contributed by atoms with Crippen molar-refractivity contribution >= 4 is 0 Å². The van der Waals surface area contributed by atoms with Crippen LogP contribution < -0.4 is 10.5 Å². The van der Waals surface area contributed by atoms with Gasteiger partial charge in [-0.15, -0.1) is 0 Å². The van der Waals surface area contributed by atoms with Crippen molar-refractivity contribution < 1.29 is 14.9 Å². The Morgan fingerprint density at radius 3 is 2.93 bits per heavy atom. The molecule has 3 heteroatoms. The summed E-state index contributed by atoms with van der Waals surface area (Å²) < 4.78 is 18.3. The standard InChI is InChI=1S/C11H13FNO/c1-14-11-6-8-4-9(13)3-2-7(8)5-10(11)12/h3,5-6,9H,2,4,13H2,1H3/p+1. The first-order chi connectivity index (χ1) is 6.70. The van der Waals surface area contributed by atoms with Gasteiger partial charge in [0.25, 0.3) is 0 Å². The fraction of sp³-hybridized carbons (Fsp3) is 0.364. The maximum absolute atomic E-state index is 13.3. The van der Waals surface area contributed by atoms with Crippen molar-refractivity contribution in [2.45, 2.75) is 18.9 Å². The van der Waals surface area contributed by atoms with E-state index in [0.29, 0.717) is 11.8 Å². The van der Waals surface area contributed by atoms with Crippen LogP contribution in [0.25, 0.3) is 0 Å². The van der Waals surface area contributed by atoms with Crippen LogP contribution in [0.3, 0.4) is 0 Å². The predicted molar refractivity (Wildman–Crippen MR) is 51.3 cm³/mol. The van der Waals surface area contributed by atoms with Crippen LogP contribution in [-0.4, -0.2) is 13.2 Å². The van der Waals surface area contributed by atoms with Gasteiger partial charge in [0, 0.05) is 12.8 Å². The number of rotatable bonds is 1. The summed E-state index contributed by atoms with van der Waals surface area (Å²) in [6.45, 7) is 0. The first-order valence-corrected chi connectivity index (χ1v) is 4.72. The Hall–Kier alpha value is -1.09. The number of benzene rings is 1. The van der Waals surface area contributed by atoms with Crippen molar-refractivity contribution in [2.75, 3.05) is 7.11 Å². The summed E-state index contributed by atoms with van der Waals surface area (Å²) in [6.07, 6.45) is 3.81. The van der Waals surface area contributed by atoms with E-state index in [4.69, 9.17) is 4.74 Å². The zero-order valence-corrected chi connectivity index (χ0v) is 8.22. The second-order valence-electron chi connectivity index (χ2n) is 3.66. The fourth-order valence-electron chi connectivity index (χ4n) is 1.83. The normalized spacial score (nSPS) is 20.4. The molecule has 75 valence electrons. The molecule has 1 radical (unpaired) electrons. The third kappa shape index (κ3) is 1.60. The van der Waals surface area contributed by atoms with Crippen LogP contribution in [0.2, 0.25) is 0 Å². The van der Waals surface area contributed by atoms with Crippen LogP contribution in [0.4, 0.5) is 4.39 Å². The number of halogens is 1. The van der Waals surface area contributed by atoms with Crippen LogP contribution in [-0.2, 0) is 12.8 Å². The van der Waals surface area contributed by atoms with E-state index in [0.717, 1.165) is 24.0 Å². The molecule has 1 aromatic carbocycles. The van der Waals surface area contributed by atoms with E-state index >= 15 is 0 Å². The number of fused-ring (bicyclic) bond motifs is 1. The third-order valence-electron chi connectivity index (χ3n) is 2.63. The predicted octanol–water partition coefficient (Wildman–Crippen LogP) is 0.748. The molecule has 2 rings (SSSR count). The third-order valence-corrected chi connectivity index (χ3v) is 2.63. The highest BCUT2D eigenvalue weighted by Gasteiger charge is 2.20. The zero-order valence-electron chi connectivity index (χ0n) is 8.22. The van der Waals surface area contributed by atoms with Crippen LogP contribution in [0.1, 0.15) is 11.1 Å². The number of ether oxygens (including phenoxy) is 1. The van der Waals surface area contributed by atoms with Gasteiger partial charge in [0.05, 0.1) is 13.2 Å². The van der Waals surface area contributed by atoms with Gasteiger partial charge in [-0.05, 0) is 29.7 Å². The van der Waals surface area contributed by atoms with Crippen molar-refractivity contribution in [3.8, 4) is 5.75 Å². The van der Waals surface area contributed by atoms with Crippen LogP contribution in [0, 0.1) is 12.2 Å². The highest BCUT2D eigenvalue weighted by molar-refractivity contribution is 5.40. The monoisotopic (exact) mass is 195 g/mol. The Balaban J connectivity index is 2.41. The van der Waals surface area contributed by atoms with Gasteiger partial charge in [0.2, 0.25) is 0 Å². The van der Waals surface area contributed by atoms with Crippen molar-refractivity contribution in [3.05, 3.63) is 35.5 Å². The summed E-state index contributed by atoms with van der Waals surface area (Å²) in [5, 5.41) is 0. The lowest BCUT2D eigenvalue weighted by molar-refractivity contribution is -0.408. The SMILES string of the molecule is COc1cc2c(cc1F)C[CH]C([NH3+])C2. The molecule has 1 aliphatic carbocycles. The average Bonchev–Trinajstić information content (AvgIpc) is 2.17. The van der Waals surface area contributed by atoms with Gasteiger partial charge in [-0.2, -0.15) is 0 Å². The number of hydrogen-bond donors (Lipinski definition) is 1. The van der Waals surface area contributed by atoms with Crippen LogP contribution in [0.5, 0.6) is 5.75 Å². The van der Waals surface area contributed by atoms with Gasteiger partial charge in [0.15, 0.2) is 11.6 Å². The van der Waals surface area contributed by atoms with E-state index < -0.39 is 0 Å². The summed E-state index contributed by atoms with van der Waals surface area (Å²) >= 11 is 0. The Bertz CT molecular complexity index is 351. The molecule has 3 N–H and O–H groups in total. The first kappa shape index (κ1) is 9.46. The van der Waals surface area contributed by atoms with E-state index in [-0.39, 0.29) is 5.82 Å². The molecule has 2 nitrogen and oxygen atoms in total. The minimum atomic E-state index is -0.276. The molecule has 1 aliphatic rings. The van der Waals surface area contributed by atoms with E-state index in [1.165, 1.54) is 7.11 Å². The minimum Gasteiger partial charge on any atom is -0.494 e. The molecule has 1 aromatic rings. The topological polar surface area (TPSA) is 36.9 Å². The molecular weight excluding hydrogens is 181 g/mol. The molecule has 1 unspecified atom stereocenters. The summed E-state index contributed by atoms with van der Waals surface area (Å²) in [4.78, 5) is 0. The maximum atomic E-state index is 13.3. The van der Waals surface area contributed by atoms with Gasteiger partial charge >= 0.3 is 0 Å². The second kappa shape index (κ2) is 3.58. The lowest BCUT2D eigenvalue weighted by Crippen LogP contribution is -2.63. The summed E-state index contributed by atoms with van der Waals surface area (Å²) in [7, 11) is 1.49. The van der Waals surface area contributed by atoms with Gasteiger partial charge < -0.3 is 10.5 Å². The van der Waals surface area contributed by atoms with Crippen LogP contribution in [0.15, 0.2) is 12.1 Å². The summed E-state index contributed by atoms with van der Waals surface area (Å²) in [5.41, 5.74) is 6.20. The molecule has 0 aromatic heterocycles. The molecule has 0 bridgehead atoms. The number of quaternary nitrogens is 1. The molecule has 0 aliphatic heterocycles. The highest BCUT2D eigenvalue weighted by atomic mass is 19.1. The smallest absolute Gasteiger partial charge is 0.165 e. The lowest BCUT2D eigenvalue weighted by Gasteiger charge is -2.19. The summed E-state index contributed by atoms with van der Waals surface area (Å²) in [6, 6.07) is 3.68. The fourth-order valence-corrected chi connectivity index (χ4v) is 1.83. The Morgan fingerprint density at radius 2 is 2.21 bits per heavy atom. The maximum Gasteiger partial charge on any atom is 0.165 e. The molecule has 14 heavy (non-hydrogen) atoms. The Kier molecular flexibility index (Phi) is 2.42. The molecule has 1 atom stereocenters. The van der Waals surface area contributed by atoms with Gasteiger partial charge in [-0.25, -0.2) is 4.39 Å². The number of methoxy groups -OCH3 is 1. The Labute approximate surface area is 82.9 Å².